The van der Waals surface area contributed by atoms with E-state index in [-0.39, 0.29) is 35.9 Å². The van der Waals surface area contributed by atoms with Gasteiger partial charge in [-0.1, -0.05) is 0 Å². The van der Waals surface area contributed by atoms with Gasteiger partial charge >= 0.3 is 0 Å². The van der Waals surface area contributed by atoms with Crippen molar-refractivity contribution < 1.29 is 18.7 Å². The van der Waals surface area contributed by atoms with Crippen LogP contribution in [-0.4, -0.2) is 84.0 Å². The van der Waals surface area contributed by atoms with Gasteiger partial charge in [-0.15, -0.1) is 0 Å². The number of hydrogen-bond donors (Lipinski definition) is 0. The van der Waals surface area contributed by atoms with E-state index in [0.29, 0.717) is 44.8 Å². The molecule has 3 unspecified atom stereocenters. The molecule has 1 aromatic rings. The molecule has 0 saturated carbocycles. The second-order valence-corrected chi connectivity index (χ2v) is 7.51. The summed E-state index contributed by atoms with van der Waals surface area (Å²) in [7, 11) is 0. The minimum Gasteiger partial charge on any atom is -0.372 e. The molecule has 27 heavy (non-hydrogen) atoms. The van der Waals surface area contributed by atoms with Crippen LogP contribution >= 0.6 is 0 Å². The SMILES string of the molecule is CC1CN(C(=O)C(C)N2CCN(C(=O)c3ccc(F)cc3)CC2)CC(C)O1. The molecule has 0 radical (unpaired) electrons. The maximum absolute atomic E-state index is 13.0. The van der Waals surface area contributed by atoms with E-state index >= 15 is 0 Å². The third-order valence-corrected chi connectivity index (χ3v) is 5.33. The molecule has 2 saturated heterocycles. The first kappa shape index (κ1) is 19.8. The summed E-state index contributed by atoms with van der Waals surface area (Å²) in [6.07, 6.45) is 0.102. The molecule has 3 rings (SSSR count). The standard InChI is InChI=1S/C20H28FN3O3/c1-14-12-24(13-15(2)27-14)19(25)16(3)22-8-10-23(11-9-22)20(26)17-4-6-18(21)7-5-17/h4-7,14-16H,8-13H2,1-3H3. The zero-order valence-electron chi connectivity index (χ0n) is 16.2. The number of nitrogens with zero attached hydrogens (tertiary/aromatic N) is 3. The van der Waals surface area contributed by atoms with Crippen molar-refractivity contribution in [3.8, 4) is 0 Å². The van der Waals surface area contributed by atoms with Gasteiger partial charge in [0.15, 0.2) is 0 Å². The van der Waals surface area contributed by atoms with Crippen molar-refractivity contribution in [2.45, 2.75) is 39.0 Å². The first-order valence-corrected chi connectivity index (χ1v) is 9.58. The molecule has 2 fully saturated rings. The van der Waals surface area contributed by atoms with E-state index in [1.807, 2.05) is 25.7 Å². The van der Waals surface area contributed by atoms with E-state index in [1.165, 1.54) is 24.3 Å². The molecule has 0 spiro atoms. The quantitative estimate of drug-likeness (QED) is 0.803. The van der Waals surface area contributed by atoms with E-state index in [1.54, 1.807) is 4.90 Å². The van der Waals surface area contributed by atoms with Crippen LogP contribution in [0.15, 0.2) is 24.3 Å². The first-order valence-electron chi connectivity index (χ1n) is 9.58. The normalized spacial score (nSPS) is 25.3. The number of hydrogen-bond acceptors (Lipinski definition) is 4. The van der Waals surface area contributed by atoms with Gasteiger partial charge in [0.1, 0.15) is 5.82 Å². The van der Waals surface area contributed by atoms with E-state index < -0.39 is 0 Å². The number of carbonyl (C=O) groups excluding carboxylic acids is 2. The predicted molar refractivity (Wildman–Crippen MR) is 99.9 cm³/mol. The van der Waals surface area contributed by atoms with E-state index in [4.69, 9.17) is 4.74 Å². The fourth-order valence-electron chi connectivity index (χ4n) is 3.87. The van der Waals surface area contributed by atoms with Gasteiger partial charge in [0.25, 0.3) is 5.91 Å². The molecule has 6 nitrogen and oxygen atoms in total. The molecule has 2 amide bonds. The lowest BCUT2D eigenvalue weighted by molar-refractivity contribution is -0.148. The van der Waals surface area contributed by atoms with Crippen LogP contribution in [0, 0.1) is 5.82 Å². The third-order valence-electron chi connectivity index (χ3n) is 5.33. The summed E-state index contributed by atoms with van der Waals surface area (Å²) >= 11 is 0. The summed E-state index contributed by atoms with van der Waals surface area (Å²) in [6.45, 7) is 9.57. The van der Waals surface area contributed by atoms with Gasteiger partial charge in [0, 0.05) is 44.8 Å². The van der Waals surface area contributed by atoms with Gasteiger partial charge in [0.05, 0.1) is 18.2 Å². The van der Waals surface area contributed by atoms with Crippen LogP contribution in [0.5, 0.6) is 0 Å². The van der Waals surface area contributed by atoms with E-state index in [0.717, 1.165) is 0 Å². The molecule has 148 valence electrons. The number of halogens is 1. The van der Waals surface area contributed by atoms with Crippen molar-refractivity contribution in [3.63, 3.8) is 0 Å². The second kappa shape index (κ2) is 8.35. The van der Waals surface area contributed by atoms with Gasteiger partial charge < -0.3 is 14.5 Å². The molecule has 2 heterocycles. The molecule has 2 aliphatic heterocycles. The van der Waals surface area contributed by atoms with Crippen LogP contribution in [0.3, 0.4) is 0 Å². The first-order chi connectivity index (χ1) is 12.8. The van der Waals surface area contributed by atoms with Crippen molar-refractivity contribution in [1.29, 1.82) is 0 Å². The highest BCUT2D eigenvalue weighted by molar-refractivity contribution is 5.94. The zero-order chi connectivity index (χ0) is 19.6. The van der Waals surface area contributed by atoms with Gasteiger partial charge in [-0.05, 0) is 45.0 Å². The maximum Gasteiger partial charge on any atom is 0.253 e. The zero-order valence-corrected chi connectivity index (χ0v) is 16.2. The summed E-state index contributed by atoms with van der Waals surface area (Å²) in [4.78, 5) is 31.2. The number of morpholine rings is 1. The minimum atomic E-state index is -0.351. The van der Waals surface area contributed by atoms with Crippen LogP contribution in [0.25, 0.3) is 0 Å². The van der Waals surface area contributed by atoms with Crippen molar-refractivity contribution in [3.05, 3.63) is 35.6 Å². The monoisotopic (exact) mass is 377 g/mol. The highest BCUT2D eigenvalue weighted by atomic mass is 19.1. The molecular weight excluding hydrogens is 349 g/mol. The summed E-state index contributed by atoms with van der Waals surface area (Å²) < 4.78 is 18.7. The van der Waals surface area contributed by atoms with Crippen molar-refractivity contribution >= 4 is 11.8 Å². The summed E-state index contributed by atoms with van der Waals surface area (Å²) in [5.74, 6) is -0.324. The Hall–Kier alpha value is -1.99. The van der Waals surface area contributed by atoms with Crippen molar-refractivity contribution in [2.24, 2.45) is 0 Å². The highest BCUT2D eigenvalue weighted by Crippen LogP contribution is 2.16. The number of amides is 2. The fraction of sp³-hybridized carbons (Fsp3) is 0.600. The average Bonchev–Trinajstić information content (AvgIpc) is 2.66. The predicted octanol–water partition coefficient (Wildman–Crippen LogP) is 1.61. The lowest BCUT2D eigenvalue weighted by Gasteiger charge is -2.41. The Morgan fingerprint density at radius 3 is 2.11 bits per heavy atom. The largest absolute Gasteiger partial charge is 0.372 e. The third kappa shape index (κ3) is 4.65. The smallest absolute Gasteiger partial charge is 0.253 e. The second-order valence-electron chi connectivity index (χ2n) is 7.51. The molecule has 7 heteroatoms. The summed E-state index contributed by atoms with van der Waals surface area (Å²) in [5.41, 5.74) is 0.491. The number of ether oxygens (including phenoxy) is 1. The molecule has 0 bridgehead atoms. The maximum atomic E-state index is 13.0. The average molecular weight is 377 g/mol. The molecule has 0 aliphatic carbocycles. The van der Waals surface area contributed by atoms with E-state index in [9.17, 15) is 14.0 Å². The van der Waals surface area contributed by atoms with Gasteiger partial charge in [-0.2, -0.15) is 0 Å². The summed E-state index contributed by atoms with van der Waals surface area (Å²) in [5, 5.41) is 0. The van der Waals surface area contributed by atoms with Crippen LogP contribution in [0.4, 0.5) is 4.39 Å². The van der Waals surface area contributed by atoms with Crippen molar-refractivity contribution in [2.75, 3.05) is 39.3 Å². The Morgan fingerprint density at radius 2 is 1.56 bits per heavy atom. The highest BCUT2D eigenvalue weighted by Gasteiger charge is 2.33. The van der Waals surface area contributed by atoms with Crippen LogP contribution in [-0.2, 0) is 9.53 Å². The van der Waals surface area contributed by atoms with Crippen LogP contribution < -0.4 is 0 Å². The van der Waals surface area contributed by atoms with Gasteiger partial charge in [-0.25, -0.2) is 4.39 Å². The minimum absolute atomic E-state index is 0.0510. The van der Waals surface area contributed by atoms with Gasteiger partial charge in [0.2, 0.25) is 5.91 Å². The molecule has 3 atom stereocenters. The Morgan fingerprint density at radius 1 is 1.00 bits per heavy atom. The van der Waals surface area contributed by atoms with Crippen LogP contribution in [0.2, 0.25) is 0 Å². The van der Waals surface area contributed by atoms with Crippen LogP contribution in [0.1, 0.15) is 31.1 Å². The Bertz CT molecular complexity index is 664. The molecule has 0 aromatic heterocycles. The van der Waals surface area contributed by atoms with Gasteiger partial charge in [-0.3, -0.25) is 14.5 Å². The lowest BCUT2D eigenvalue weighted by Crippen LogP contribution is -2.58. The Balaban J connectivity index is 1.54. The summed E-state index contributed by atoms with van der Waals surface area (Å²) in [6, 6.07) is 5.40. The number of rotatable bonds is 3. The van der Waals surface area contributed by atoms with Crippen molar-refractivity contribution in [1.82, 2.24) is 14.7 Å². The molecule has 0 N–H and O–H groups in total. The number of carbonyl (C=O) groups is 2. The topological polar surface area (TPSA) is 53.1 Å². The Labute approximate surface area is 159 Å². The molecule has 2 aliphatic rings. The lowest BCUT2D eigenvalue weighted by atomic mass is 10.1. The molecular formula is C20H28FN3O3. The number of benzene rings is 1. The fourth-order valence-corrected chi connectivity index (χ4v) is 3.87. The Kier molecular flexibility index (Phi) is 6.11. The molecule has 1 aromatic carbocycles. The van der Waals surface area contributed by atoms with E-state index in [2.05, 4.69) is 4.90 Å². The number of piperazine rings is 1.